The molecular formula is C18H36N4O. The molecule has 3 heterocycles. The van der Waals surface area contributed by atoms with Crippen molar-refractivity contribution < 1.29 is 4.79 Å². The topological polar surface area (TPSA) is 47.6 Å². The Morgan fingerprint density at radius 1 is 0.609 bits per heavy atom. The molecule has 0 aromatic carbocycles. The van der Waals surface area contributed by atoms with Gasteiger partial charge in [-0.05, 0) is 38.9 Å². The number of hydrogen-bond donors (Lipinski definition) is 2. The van der Waals surface area contributed by atoms with Crippen LogP contribution in [-0.4, -0.2) is 74.6 Å². The van der Waals surface area contributed by atoms with Crippen LogP contribution < -0.4 is 10.6 Å². The lowest BCUT2D eigenvalue weighted by Gasteiger charge is -2.34. The minimum atomic E-state index is 0.197. The van der Waals surface area contributed by atoms with Crippen LogP contribution in [0.1, 0.15) is 51.4 Å². The van der Waals surface area contributed by atoms with Gasteiger partial charge in [-0.2, -0.15) is 0 Å². The number of amides is 1. The maximum absolute atomic E-state index is 11.7. The van der Waals surface area contributed by atoms with Crippen LogP contribution in [-0.2, 0) is 4.79 Å². The van der Waals surface area contributed by atoms with Gasteiger partial charge >= 0.3 is 0 Å². The fourth-order valence-corrected chi connectivity index (χ4v) is 3.47. The van der Waals surface area contributed by atoms with Crippen molar-refractivity contribution in [1.29, 1.82) is 0 Å². The van der Waals surface area contributed by atoms with E-state index in [0.29, 0.717) is 6.42 Å². The van der Waals surface area contributed by atoms with E-state index in [1.54, 1.807) is 0 Å². The second-order valence-corrected chi connectivity index (χ2v) is 7.01. The molecule has 0 aliphatic carbocycles. The second kappa shape index (κ2) is 11.8. The number of rotatable bonds is 0. The SMILES string of the molecule is O=C1CCNCCCN2CCN(CCCCCCCCN1)CC2. The Labute approximate surface area is 142 Å². The summed E-state index contributed by atoms with van der Waals surface area (Å²) in [6.45, 7) is 10.1. The van der Waals surface area contributed by atoms with Gasteiger partial charge in [0.25, 0.3) is 0 Å². The van der Waals surface area contributed by atoms with Crippen molar-refractivity contribution in [2.24, 2.45) is 0 Å². The number of fused-ring (bicyclic) bond motifs is 17. The molecule has 0 aromatic rings. The molecule has 0 aromatic heterocycles. The zero-order chi connectivity index (χ0) is 16.2. The first-order chi connectivity index (χ1) is 11.3. The number of carbonyl (C=O) groups is 1. The molecule has 3 fully saturated rings. The van der Waals surface area contributed by atoms with Crippen LogP contribution in [0.25, 0.3) is 0 Å². The Hall–Kier alpha value is -0.650. The molecule has 0 saturated carbocycles. The van der Waals surface area contributed by atoms with Gasteiger partial charge in [0.05, 0.1) is 0 Å². The van der Waals surface area contributed by atoms with Gasteiger partial charge in [0, 0.05) is 45.7 Å². The van der Waals surface area contributed by atoms with E-state index in [9.17, 15) is 4.79 Å². The number of hydrogen-bond acceptors (Lipinski definition) is 4. The van der Waals surface area contributed by atoms with E-state index >= 15 is 0 Å². The second-order valence-electron chi connectivity index (χ2n) is 7.01. The molecule has 23 heavy (non-hydrogen) atoms. The first-order valence-electron chi connectivity index (χ1n) is 9.77. The van der Waals surface area contributed by atoms with Crippen molar-refractivity contribution in [1.82, 2.24) is 20.4 Å². The summed E-state index contributed by atoms with van der Waals surface area (Å²) in [6, 6.07) is 0. The molecule has 3 aliphatic rings. The van der Waals surface area contributed by atoms with E-state index in [-0.39, 0.29) is 5.91 Å². The maximum atomic E-state index is 11.7. The highest BCUT2D eigenvalue weighted by Gasteiger charge is 2.15. The van der Waals surface area contributed by atoms with Gasteiger partial charge in [-0.25, -0.2) is 0 Å². The average Bonchev–Trinajstić information content (AvgIpc) is 2.57. The van der Waals surface area contributed by atoms with Gasteiger partial charge in [-0.3, -0.25) is 4.79 Å². The zero-order valence-corrected chi connectivity index (χ0v) is 14.8. The maximum Gasteiger partial charge on any atom is 0.221 e. The van der Waals surface area contributed by atoms with Crippen molar-refractivity contribution in [2.45, 2.75) is 51.4 Å². The van der Waals surface area contributed by atoms with Crippen LogP contribution >= 0.6 is 0 Å². The minimum Gasteiger partial charge on any atom is -0.356 e. The van der Waals surface area contributed by atoms with Gasteiger partial charge in [-0.1, -0.05) is 25.7 Å². The quantitative estimate of drug-likeness (QED) is 0.708. The minimum absolute atomic E-state index is 0.197. The van der Waals surface area contributed by atoms with Gasteiger partial charge in [0.1, 0.15) is 0 Å². The van der Waals surface area contributed by atoms with E-state index in [2.05, 4.69) is 20.4 Å². The predicted molar refractivity (Wildman–Crippen MR) is 95.7 cm³/mol. The van der Waals surface area contributed by atoms with E-state index in [4.69, 9.17) is 0 Å². The van der Waals surface area contributed by atoms with Crippen LogP contribution in [0.3, 0.4) is 0 Å². The van der Waals surface area contributed by atoms with E-state index in [0.717, 1.165) is 26.1 Å². The molecular weight excluding hydrogens is 288 g/mol. The fourth-order valence-electron chi connectivity index (χ4n) is 3.47. The average molecular weight is 325 g/mol. The van der Waals surface area contributed by atoms with Crippen LogP contribution in [0.5, 0.6) is 0 Å². The molecule has 134 valence electrons. The molecule has 2 N–H and O–H groups in total. The summed E-state index contributed by atoms with van der Waals surface area (Å²) in [5.41, 5.74) is 0. The summed E-state index contributed by atoms with van der Waals surface area (Å²) in [5, 5.41) is 6.43. The summed E-state index contributed by atoms with van der Waals surface area (Å²) in [4.78, 5) is 16.9. The van der Waals surface area contributed by atoms with Gasteiger partial charge in [0.2, 0.25) is 5.91 Å². The molecule has 3 rings (SSSR count). The number of nitrogens with one attached hydrogen (secondary N) is 2. The Morgan fingerprint density at radius 2 is 1.22 bits per heavy atom. The summed E-state index contributed by atoms with van der Waals surface area (Å²) < 4.78 is 0. The molecule has 3 saturated heterocycles. The molecule has 0 atom stereocenters. The highest BCUT2D eigenvalue weighted by atomic mass is 16.1. The smallest absolute Gasteiger partial charge is 0.221 e. The molecule has 5 heteroatoms. The van der Waals surface area contributed by atoms with Crippen LogP contribution in [0, 0.1) is 0 Å². The van der Waals surface area contributed by atoms with Gasteiger partial charge < -0.3 is 20.4 Å². The summed E-state index contributed by atoms with van der Waals surface area (Å²) in [6.07, 6.45) is 9.53. The van der Waals surface area contributed by atoms with Crippen LogP contribution in [0.2, 0.25) is 0 Å². The zero-order valence-electron chi connectivity index (χ0n) is 14.8. The Morgan fingerprint density at radius 3 is 1.96 bits per heavy atom. The van der Waals surface area contributed by atoms with Crippen molar-refractivity contribution >= 4 is 5.91 Å². The van der Waals surface area contributed by atoms with Crippen LogP contribution in [0.15, 0.2) is 0 Å². The van der Waals surface area contributed by atoms with Gasteiger partial charge in [-0.15, -0.1) is 0 Å². The summed E-state index contributed by atoms with van der Waals surface area (Å²) in [7, 11) is 0. The molecule has 1 amide bonds. The van der Waals surface area contributed by atoms with Crippen molar-refractivity contribution in [3.05, 3.63) is 0 Å². The van der Waals surface area contributed by atoms with Crippen molar-refractivity contribution in [2.75, 3.05) is 58.9 Å². The highest BCUT2D eigenvalue weighted by molar-refractivity contribution is 5.75. The third-order valence-corrected chi connectivity index (χ3v) is 5.04. The molecule has 0 radical (unpaired) electrons. The Bertz CT molecular complexity index is 313. The van der Waals surface area contributed by atoms with E-state index in [1.807, 2.05) is 0 Å². The van der Waals surface area contributed by atoms with E-state index < -0.39 is 0 Å². The lowest BCUT2D eigenvalue weighted by Crippen LogP contribution is -2.47. The standard InChI is InChI=1S/C18H36N4O/c23-18-8-11-19-9-7-13-22-16-14-21(15-17-22)12-6-4-2-1-3-5-10-20-18/h19H,1-17H2,(H,20,23). The van der Waals surface area contributed by atoms with Crippen molar-refractivity contribution in [3.8, 4) is 0 Å². The first kappa shape index (κ1) is 18.7. The first-order valence-corrected chi connectivity index (χ1v) is 9.77. The molecule has 2 bridgehead atoms. The molecule has 0 unspecified atom stereocenters. The largest absolute Gasteiger partial charge is 0.356 e. The molecule has 0 spiro atoms. The fraction of sp³-hybridized carbons (Fsp3) is 0.944. The van der Waals surface area contributed by atoms with Gasteiger partial charge in [0.15, 0.2) is 0 Å². The Balaban J connectivity index is 1.66. The molecule has 3 aliphatic heterocycles. The summed E-state index contributed by atoms with van der Waals surface area (Å²) in [5.74, 6) is 0.197. The summed E-state index contributed by atoms with van der Waals surface area (Å²) >= 11 is 0. The van der Waals surface area contributed by atoms with E-state index in [1.165, 1.54) is 77.8 Å². The highest BCUT2D eigenvalue weighted by Crippen LogP contribution is 2.08. The number of carbonyl (C=O) groups excluding carboxylic acids is 1. The third kappa shape index (κ3) is 8.68. The molecule has 5 nitrogen and oxygen atoms in total. The lowest BCUT2D eigenvalue weighted by molar-refractivity contribution is -0.121. The predicted octanol–water partition coefficient (Wildman–Crippen LogP) is 1.44. The van der Waals surface area contributed by atoms with Crippen LogP contribution in [0.4, 0.5) is 0 Å². The normalized spacial score (nSPS) is 30.5. The lowest BCUT2D eigenvalue weighted by atomic mass is 10.1. The number of piperazine rings is 1. The monoisotopic (exact) mass is 324 g/mol. The third-order valence-electron chi connectivity index (χ3n) is 5.04. The van der Waals surface area contributed by atoms with Crippen molar-refractivity contribution in [3.63, 3.8) is 0 Å². The Kier molecular flexibility index (Phi) is 9.60. The number of nitrogens with zero attached hydrogens (tertiary/aromatic N) is 2.